The quantitative estimate of drug-likeness (QED) is 0.649. The number of hydrogen-bond donors (Lipinski definition) is 1. The van der Waals surface area contributed by atoms with Crippen molar-refractivity contribution in [2.75, 3.05) is 26.0 Å². The number of amides is 1. The zero-order chi connectivity index (χ0) is 18.2. The first-order valence-electron chi connectivity index (χ1n) is 8.17. The summed E-state index contributed by atoms with van der Waals surface area (Å²) in [5.74, 6) is 0.450. The minimum Gasteiger partial charge on any atom is -0.491 e. The van der Waals surface area contributed by atoms with Gasteiger partial charge in [-0.25, -0.2) is 0 Å². The van der Waals surface area contributed by atoms with Crippen molar-refractivity contribution < 1.29 is 23.1 Å². The molecule has 1 rings (SSSR count). The van der Waals surface area contributed by atoms with Gasteiger partial charge >= 0.3 is 7.60 Å². The Morgan fingerprint density at radius 2 is 1.71 bits per heavy atom. The molecule has 24 heavy (non-hydrogen) atoms. The summed E-state index contributed by atoms with van der Waals surface area (Å²) in [5.41, 5.74) is 2.09. The average Bonchev–Trinajstić information content (AvgIpc) is 2.46. The molecule has 0 fully saturated rings. The van der Waals surface area contributed by atoms with Crippen molar-refractivity contribution in [3.05, 3.63) is 29.3 Å². The lowest BCUT2D eigenvalue weighted by Gasteiger charge is -2.20. The van der Waals surface area contributed by atoms with Crippen molar-refractivity contribution in [2.24, 2.45) is 0 Å². The van der Waals surface area contributed by atoms with E-state index in [0.717, 1.165) is 16.9 Å². The molecule has 0 aromatic heterocycles. The fraction of sp³-hybridized carbons (Fsp3) is 0.588. The molecule has 0 radical (unpaired) electrons. The molecule has 0 aliphatic rings. The van der Waals surface area contributed by atoms with E-state index in [2.05, 4.69) is 5.32 Å². The van der Waals surface area contributed by atoms with Gasteiger partial charge in [0, 0.05) is 0 Å². The zero-order valence-corrected chi connectivity index (χ0v) is 16.0. The molecule has 0 aliphatic heterocycles. The second kappa shape index (κ2) is 9.82. The Kier molecular flexibility index (Phi) is 8.46. The minimum absolute atomic E-state index is 0.229. The Labute approximate surface area is 144 Å². The van der Waals surface area contributed by atoms with Crippen LogP contribution in [0.4, 0.5) is 0 Å². The molecule has 0 saturated heterocycles. The zero-order valence-electron chi connectivity index (χ0n) is 15.1. The maximum atomic E-state index is 12.3. The van der Waals surface area contributed by atoms with Crippen LogP contribution in [0.1, 0.15) is 31.9 Å². The van der Waals surface area contributed by atoms with E-state index in [9.17, 15) is 9.36 Å². The van der Waals surface area contributed by atoms with E-state index >= 15 is 0 Å². The van der Waals surface area contributed by atoms with E-state index in [0.29, 0.717) is 6.61 Å². The van der Waals surface area contributed by atoms with Gasteiger partial charge in [0.25, 0.3) is 0 Å². The second-order valence-electron chi connectivity index (χ2n) is 5.61. The number of para-hydroxylation sites is 1. The van der Waals surface area contributed by atoms with Crippen LogP contribution in [0.5, 0.6) is 5.75 Å². The Balaban J connectivity index is 2.53. The van der Waals surface area contributed by atoms with Gasteiger partial charge in [-0.05, 0) is 45.7 Å². The molecule has 0 aliphatic carbocycles. The SMILES string of the molecule is CCOP(=O)(CC(=O)NC(C)COc1c(C)cccc1C)OCC. The molecule has 0 spiro atoms. The summed E-state index contributed by atoms with van der Waals surface area (Å²) in [4.78, 5) is 12.1. The van der Waals surface area contributed by atoms with Gasteiger partial charge in [0.1, 0.15) is 18.5 Å². The molecular weight excluding hydrogens is 329 g/mol. The lowest BCUT2D eigenvalue weighted by atomic mass is 10.1. The fourth-order valence-electron chi connectivity index (χ4n) is 2.30. The van der Waals surface area contributed by atoms with E-state index in [1.807, 2.05) is 39.0 Å². The number of hydrogen-bond acceptors (Lipinski definition) is 5. The maximum absolute atomic E-state index is 12.3. The van der Waals surface area contributed by atoms with Gasteiger partial charge in [-0.1, -0.05) is 18.2 Å². The Hall–Kier alpha value is -1.36. The minimum atomic E-state index is -3.38. The molecule has 1 atom stereocenters. The molecule has 1 aromatic carbocycles. The van der Waals surface area contributed by atoms with Crippen molar-refractivity contribution in [1.29, 1.82) is 0 Å². The third-order valence-electron chi connectivity index (χ3n) is 3.28. The maximum Gasteiger partial charge on any atom is 0.340 e. The molecule has 1 amide bonds. The topological polar surface area (TPSA) is 73.9 Å². The number of nitrogens with one attached hydrogen (secondary N) is 1. The first-order chi connectivity index (χ1) is 11.3. The van der Waals surface area contributed by atoms with Gasteiger partial charge in [-0.2, -0.15) is 0 Å². The molecule has 6 nitrogen and oxygen atoms in total. The molecular formula is C17H28NO5P. The number of carbonyl (C=O) groups is 1. The van der Waals surface area contributed by atoms with Crippen LogP contribution in [0.3, 0.4) is 0 Å². The lowest BCUT2D eigenvalue weighted by Crippen LogP contribution is -2.38. The Morgan fingerprint density at radius 1 is 1.17 bits per heavy atom. The fourth-order valence-corrected chi connectivity index (χ4v) is 3.78. The molecule has 1 aromatic rings. The molecule has 136 valence electrons. The molecule has 0 heterocycles. The number of carbonyl (C=O) groups excluding carboxylic acids is 1. The van der Waals surface area contributed by atoms with Crippen molar-refractivity contribution in [3.63, 3.8) is 0 Å². The van der Waals surface area contributed by atoms with Crippen LogP contribution in [0.15, 0.2) is 18.2 Å². The average molecular weight is 357 g/mol. The molecule has 1 N–H and O–H groups in total. The number of aryl methyl sites for hydroxylation is 2. The normalized spacial score (nSPS) is 12.7. The van der Waals surface area contributed by atoms with Crippen molar-refractivity contribution in [2.45, 2.75) is 40.7 Å². The van der Waals surface area contributed by atoms with Crippen LogP contribution in [-0.2, 0) is 18.4 Å². The predicted octanol–water partition coefficient (Wildman–Crippen LogP) is 3.45. The first kappa shape index (κ1) is 20.7. The van der Waals surface area contributed by atoms with Crippen LogP contribution in [0.25, 0.3) is 0 Å². The molecule has 0 saturated carbocycles. The molecule has 7 heteroatoms. The van der Waals surface area contributed by atoms with Crippen molar-refractivity contribution >= 4 is 13.5 Å². The number of ether oxygens (including phenoxy) is 1. The Morgan fingerprint density at radius 3 is 2.21 bits per heavy atom. The largest absolute Gasteiger partial charge is 0.491 e. The van der Waals surface area contributed by atoms with E-state index in [1.165, 1.54) is 0 Å². The second-order valence-corrected chi connectivity index (χ2v) is 7.66. The summed E-state index contributed by atoms with van der Waals surface area (Å²) in [6, 6.07) is 5.70. The highest BCUT2D eigenvalue weighted by Crippen LogP contribution is 2.47. The first-order valence-corrected chi connectivity index (χ1v) is 9.90. The van der Waals surface area contributed by atoms with Crippen LogP contribution < -0.4 is 10.1 Å². The van der Waals surface area contributed by atoms with E-state index in [-0.39, 0.29) is 31.3 Å². The third kappa shape index (κ3) is 6.63. The van der Waals surface area contributed by atoms with Gasteiger partial charge in [0.05, 0.1) is 19.3 Å². The summed E-state index contributed by atoms with van der Waals surface area (Å²) < 4.78 is 28.4. The van der Waals surface area contributed by atoms with E-state index in [4.69, 9.17) is 13.8 Å². The molecule has 0 bridgehead atoms. The van der Waals surface area contributed by atoms with Crippen molar-refractivity contribution in [3.8, 4) is 5.75 Å². The van der Waals surface area contributed by atoms with E-state index < -0.39 is 7.60 Å². The Bertz CT molecular complexity index is 560. The number of benzene rings is 1. The highest BCUT2D eigenvalue weighted by Gasteiger charge is 2.28. The van der Waals surface area contributed by atoms with Gasteiger partial charge in [-0.3, -0.25) is 9.36 Å². The standard InChI is InChI=1S/C17H28NO5P/c1-6-22-24(20,23-7-2)12-16(19)18-15(5)11-21-17-13(3)9-8-10-14(17)4/h8-10,15H,6-7,11-12H2,1-5H3,(H,18,19). The van der Waals surface area contributed by atoms with Crippen LogP contribution in [-0.4, -0.2) is 37.9 Å². The number of rotatable bonds is 10. The van der Waals surface area contributed by atoms with Crippen LogP contribution in [0, 0.1) is 13.8 Å². The van der Waals surface area contributed by atoms with Gasteiger partial charge in [-0.15, -0.1) is 0 Å². The summed E-state index contributed by atoms with van der Waals surface area (Å²) in [7, 11) is -3.38. The van der Waals surface area contributed by atoms with E-state index in [1.54, 1.807) is 13.8 Å². The predicted molar refractivity (Wildman–Crippen MR) is 94.7 cm³/mol. The summed E-state index contributed by atoms with van der Waals surface area (Å²) in [6.07, 6.45) is -0.289. The summed E-state index contributed by atoms with van der Waals surface area (Å²) >= 11 is 0. The third-order valence-corrected chi connectivity index (χ3v) is 5.26. The van der Waals surface area contributed by atoms with Gasteiger partial charge in [0.15, 0.2) is 0 Å². The van der Waals surface area contributed by atoms with Gasteiger partial charge < -0.3 is 19.1 Å². The van der Waals surface area contributed by atoms with Gasteiger partial charge in [0.2, 0.25) is 5.91 Å². The van der Waals surface area contributed by atoms with Crippen LogP contribution in [0.2, 0.25) is 0 Å². The highest BCUT2D eigenvalue weighted by atomic mass is 31.2. The van der Waals surface area contributed by atoms with Crippen molar-refractivity contribution in [1.82, 2.24) is 5.32 Å². The smallest absolute Gasteiger partial charge is 0.340 e. The summed E-state index contributed by atoms with van der Waals surface area (Å²) in [5, 5.41) is 2.77. The molecule has 1 unspecified atom stereocenters. The summed E-state index contributed by atoms with van der Waals surface area (Å²) in [6.45, 7) is 10.0. The lowest BCUT2D eigenvalue weighted by molar-refractivity contribution is -0.119. The highest BCUT2D eigenvalue weighted by molar-refractivity contribution is 7.54. The monoisotopic (exact) mass is 357 g/mol. The van der Waals surface area contributed by atoms with Crippen LogP contribution >= 0.6 is 7.60 Å².